The third kappa shape index (κ3) is 2.06. The molecule has 1 saturated heterocycles. The van der Waals surface area contributed by atoms with Gasteiger partial charge in [-0.2, -0.15) is 0 Å². The first kappa shape index (κ1) is 11.7. The van der Waals surface area contributed by atoms with Crippen molar-refractivity contribution in [1.29, 1.82) is 0 Å². The molecule has 92 valence electrons. The molecule has 5 nitrogen and oxygen atoms in total. The van der Waals surface area contributed by atoms with Crippen LogP contribution in [-0.4, -0.2) is 34.8 Å². The first-order chi connectivity index (χ1) is 8.07. The Morgan fingerprint density at radius 1 is 1.53 bits per heavy atom. The SMILES string of the molecule is CC1(CN)COC(=O)N1Cc1ccccc1O. The summed E-state index contributed by atoms with van der Waals surface area (Å²) in [5.74, 6) is 0.173. The summed E-state index contributed by atoms with van der Waals surface area (Å²) in [6.07, 6.45) is -0.388. The Balaban J connectivity index is 2.23. The maximum atomic E-state index is 11.6. The van der Waals surface area contributed by atoms with Gasteiger partial charge in [0.1, 0.15) is 12.4 Å². The van der Waals surface area contributed by atoms with Crippen molar-refractivity contribution in [3.8, 4) is 5.75 Å². The van der Waals surface area contributed by atoms with Crippen LogP contribution in [0.5, 0.6) is 5.75 Å². The Morgan fingerprint density at radius 3 is 2.88 bits per heavy atom. The summed E-state index contributed by atoms with van der Waals surface area (Å²) in [7, 11) is 0. The van der Waals surface area contributed by atoms with E-state index in [4.69, 9.17) is 10.5 Å². The highest BCUT2D eigenvalue weighted by atomic mass is 16.6. The minimum atomic E-state index is -0.501. The van der Waals surface area contributed by atoms with Crippen molar-refractivity contribution in [2.24, 2.45) is 5.73 Å². The fourth-order valence-corrected chi connectivity index (χ4v) is 1.83. The second-order valence-corrected chi connectivity index (χ2v) is 4.47. The first-order valence-electron chi connectivity index (χ1n) is 5.48. The molecule has 1 aliphatic rings. The molecule has 3 N–H and O–H groups in total. The number of nitrogens with zero attached hydrogens (tertiary/aromatic N) is 1. The largest absolute Gasteiger partial charge is 0.508 e. The summed E-state index contributed by atoms with van der Waals surface area (Å²) >= 11 is 0. The molecule has 0 radical (unpaired) electrons. The van der Waals surface area contributed by atoms with Crippen LogP contribution >= 0.6 is 0 Å². The van der Waals surface area contributed by atoms with Crippen molar-refractivity contribution in [3.05, 3.63) is 29.8 Å². The lowest BCUT2D eigenvalue weighted by Gasteiger charge is -2.30. The minimum Gasteiger partial charge on any atom is -0.508 e. The molecule has 17 heavy (non-hydrogen) atoms. The summed E-state index contributed by atoms with van der Waals surface area (Å²) in [5, 5.41) is 9.69. The van der Waals surface area contributed by atoms with Crippen molar-refractivity contribution in [2.75, 3.05) is 13.2 Å². The van der Waals surface area contributed by atoms with E-state index in [0.717, 1.165) is 0 Å². The number of benzene rings is 1. The summed E-state index contributed by atoms with van der Waals surface area (Å²) in [5.41, 5.74) is 5.86. The summed E-state index contributed by atoms with van der Waals surface area (Å²) in [6, 6.07) is 6.92. The molecule has 1 heterocycles. The maximum absolute atomic E-state index is 11.6. The van der Waals surface area contributed by atoms with E-state index in [0.29, 0.717) is 18.7 Å². The molecule has 1 unspecified atom stereocenters. The molecule has 0 spiro atoms. The fraction of sp³-hybridized carbons (Fsp3) is 0.417. The normalized spacial score (nSPS) is 23.9. The van der Waals surface area contributed by atoms with Crippen molar-refractivity contribution < 1.29 is 14.6 Å². The van der Waals surface area contributed by atoms with E-state index in [1.54, 1.807) is 23.1 Å². The van der Waals surface area contributed by atoms with Gasteiger partial charge in [-0.3, -0.25) is 4.90 Å². The van der Waals surface area contributed by atoms with E-state index >= 15 is 0 Å². The second-order valence-electron chi connectivity index (χ2n) is 4.47. The Kier molecular flexibility index (Phi) is 2.93. The second kappa shape index (κ2) is 4.25. The third-order valence-corrected chi connectivity index (χ3v) is 3.14. The van der Waals surface area contributed by atoms with E-state index in [9.17, 15) is 9.90 Å². The average Bonchev–Trinajstić information content (AvgIpc) is 2.61. The minimum absolute atomic E-state index is 0.173. The van der Waals surface area contributed by atoms with E-state index in [1.165, 1.54) is 0 Å². The molecular weight excluding hydrogens is 220 g/mol. The smallest absolute Gasteiger partial charge is 0.410 e. The van der Waals surface area contributed by atoms with Gasteiger partial charge in [0.05, 0.1) is 12.1 Å². The number of carbonyl (C=O) groups excluding carboxylic acids is 1. The quantitative estimate of drug-likeness (QED) is 0.822. The molecule has 1 atom stereocenters. The van der Waals surface area contributed by atoms with Gasteiger partial charge in [0.15, 0.2) is 0 Å². The van der Waals surface area contributed by atoms with Crippen molar-refractivity contribution in [2.45, 2.75) is 19.0 Å². The van der Waals surface area contributed by atoms with Gasteiger partial charge in [0.2, 0.25) is 0 Å². The number of carbonyl (C=O) groups is 1. The third-order valence-electron chi connectivity index (χ3n) is 3.14. The molecule has 0 bridgehead atoms. The van der Waals surface area contributed by atoms with Crippen LogP contribution in [0.2, 0.25) is 0 Å². The standard InChI is InChI=1S/C12H16N2O3/c1-12(7-13)8-17-11(16)14(12)6-9-4-2-3-5-10(9)15/h2-5,15H,6-8,13H2,1H3. The molecule has 0 aliphatic carbocycles. The molecule has 1 amide bonds. The monoisotopic (exact) mass is 236 g/mol. The number of cyclic esters (lactones) is 1. The van der Waals surface area contributed by atoms with Crippen LogP contribution in [0, 0.1) is 0 Å². The van der Waals surface area contributed by atoms with Gasteiger partial charge in [0, 0.05) is 12.1 Å². The Labute approximate surface area is 99.8 Å². The van der Waals surface area contributed by atoms with E-state index in [1.807, 2.05) is 13.0 Å². The zero-order chi connectivity index (χ0) is 12.5. The highest BCUT2D eigenvalue weighted by Crippen LogP contribution is 2.27. The number of aromatic hydroxyl groups is 1. The van der Waals surface area contributed by atoms with Crippen molar-refractivity contribution in [1.82, 2.24) is 4.90 Å². The van der Waals surface area contributed by atoms with E-state index in [2.05, 4.69) is 0 Å². The van der Waals surface area contributed by atoms with Crippen LogP contribution in [0.15, 0.2) is 24.3 Å². The van der Waals surface area contributed by atoms with Gasteiger partial charge in [-0.05, 0) is 13.0 Å². The lowest BCUT2D eigenvalue weighted by atomic mass is 10.0. The topological polar surface area (TPSA) is 75.8 Å². The fourth-order valence-electron chi connectivity index (χ4n) is 1.83. The van der Waals surface area contributed by atoms with Crippen LogP contribution in [-0.2, 0) is 11.3 Å². The number of ether oxygens (including phenoxy) is 1. The first-order valence-corrected chi connectivity index (χ1v) is 5.48. The van der Waals surface area contributed by atoms with Crippen LogP contribution in [0.25, 0.3) is 0 Å². The number of hydrogen-bond donors (Lipinski definition) is 2. The van der Waals surface area contributed by atoms with Gasteiger partial charge >= 0.3 is 6.09 Å². The van der Waals surface area contributed by atoms with Gasteiger partial charge in [-0.1, -0.05) is 18.2 Å². The molecule has 1 aromatic rings. The maximum Gasteiger partial charge on any atom is 0.410 e. The highest BCUT2D eigenvalue weighted by Gasteiger charge is 2.42. The number of amides is 1. The zero-order valence-electron chi connectivity index (χ0n) is 9.72. The lowest BCUT2D eigenvalue weighted by Crippen LogP contribution is -2.49. The number of hydrogen-bond acceptors (Lipinski definition) is 4. The van der Waals surface area contributed by atoms with Gasteiger partial charge in [0.25, 0.3) is 0 Å². The van der Waals surface area contributed by atoms with Crippen LogP contribution in [0.1, 0.15) is 12.5 Å². The van der Waals surface area contributed by atoms with E-state index in [-0.39, 0.29) is 18.4 Å². The Bertz CT molecular complexity index is 436. The zero-order valence-corrected chi connectivity index (χ0v) is 9.72. The van der Waals surface area contributed by atoms with Crippen molar-refractivity contribution in [3.63, 3.8) is 0 Å². The van der Waals surface area contributed by atoms with Gasteiger partial charge in [-0.15, -0.1) is 0 Å². The van der Waals surface area contributed by atoms with Crippen LogP contribution in [0.4, 0.5) is 4.79 Å². The lowest BCUT2D eigenvalue weighted by molar-refractivity contribution is 0.151. The van der Waals surface area contributed by atoms with E-state index < -0.39 is 5.54 Å². The molecule has 1 fully saturated rings. The van der Waals surface area contributed by atoms with Gasteiger partial charge in [-0.25, -0.2) is 4.79 Å². The summed E-state index contributed by atoms with van der Waals surface area (Å²) < 4.78 is 5.01. The number of nitrogens with two attached hydrogens (primary N) is 1. The molecule has 2 rings (SSSR count). The average molecular weight is 236 g/mol. The van der Waals surface area contributed by atoms with Crippen molar-refractivity contribution >= 4 is 6.09 Å². The molecule has 0 saturated carbocycles. The van der Waals surface area contributed by atoms with Crippen LogP contribution < -0.4 is 5.73 Å². The molecule has 0 aromatic heterocycles. The number of phenolic OH excluding ortho intramolecular Hbond substituents is 1. The summed E-state index contributed by atoms with van der Waals surface area (Å²) in [6.45, 7) is 2.79. The number of rotatable bonds is 3. The van der Waals surface area contributed by atoms with Gasteiger partial charge < -0.3 is 15.6 Å². The molecule has 5 heteroatoms. The summed E-state index contributed by atoms with van der Waals surface area (Å²) in [4.78, 5) is 13.2. The molecular formula is C12H16N2O3. The molecule has 1 aromatic carbocycles. The number of phenols is 1. The van der Waals surface area contributed by atoms with Crippen LogP contribution in [0.3, 0.4) is 0 Å². The highest BCUT2D eigenvalue weighted by molar-refractivity contribution is 5.71. The predicted molar refractivity (Wildman–Crippen MR) is 62.5 cm³/mol. The Morgan fingerprint density at radius 2 is 2.24 bits per heavy atom. The molecule has 1 aliphatic heterocycles. The Hall–Kier alpha value is -1.75. The predicted octanol–water partition coefficient (Wildman–Crippen LogP) is 1.06. The number of para-hydroxylation sites is 1.